The van der Waals surface area contributed by atoms with E-state index in [0.29, 0.717) is 11.5 Å². The van der Waals surface area contributed by atoms with E-state index < -0.39 is 0 Å². The van der Waals surface area contributed by atoms with Gasteiger partial charge in [-0.15, -0.1) is 0 Å². The average Bonchev–Trinajstić information content (AvgIpc) is 2.78. The molecule has 82 valence electrons. The first-order valence-electron chi connectivity index (χ1n) is 5.01. The molecule has 1 saturated carbocycles. The SMILES string of the molecule is CC1(C)CC1C(Br)c1cc(F)ccc1F. The fourth-order valence-electron chi connectivity index (χ4n) is 1.95. The Balaban J connectivity index is 2.26. The number of alkyl halides is 1. The Bertz CT molecular complexity index is 387. The molecule has 1 aromatic rings. The Hall–Kier alpha value is -0.440. The van der Waals surface area contributed by atoms with Crippen LogP contribution in [0.1, 0.15) is 30.7 Å². The standard InChI is InChI=1S/C12H13BrF2/c1-12(2)6-9(12)11(13)8-5-7(14)3-4-10(8)15/h3-5,9,11H,6H2,1-2H3. The average molecular weight is 275 g/mol. The van der Waals surface area contributed by atoms with Crippen LogP contribution in [-0.4, -0.2) is 0 Å². The van der Waals surface area contributed by atoms with Gasteiger partial charge in [0.1, 0.15) is 11.6 Å². The quantitative estimate of drug-likeness (QED) is 0.700. The van der Waals surface area contributed by atoms with Crippen LogP contribution < -0.4 is 0 Å². The zero-order valence-electron chi connectivity index (χ0n) is 8.73. The molecule has 2 rings (SSSR count). The van der Waals surface area contributed by atoms with E-state index in [0.717, 1.165) is 12.5 Å². The van der Waals surface area contributed by atoms with Crippen molar-refractivity contribution in [2.45, 2.75) is 25.1 Å². The van der Waals surface area contributed by atoms with Crippen LogP contribution in [0.2, 0.25) is 0 Å². The van der Waals surface area contributed by atoms with Crippen LogP contribution >= 0.6 is 15.9 Å². The molecule has 1 aliphatic carbocycles. The first-order valence-corrected chi connectivity index (χ1v) is 5.92. The number of halogens is 3. The largest absolute Gasteiger partial charge is 0.207 e. The van der Waals surface area contributed by atoms with Gasteiger partial charge in [-0.05, 0) is 36.0 Å². The van der Waals surface area contributed by atoms with E-state index in [2.05, 4.69) is 29.8 Å². The van der Waals surface area contributed by atoms with Crippen LogP contribution in [0.5, 0.6) is 0 Å². The van der Waals surface area contributed by atoms with E-state index in [9.17, 15) is 8.78 Å². The Labute approximate surface area is 96.8 Å². The molecular formula is C12H13BrF2. The van der Waals surface area contributed by atoms with E-state index in [1.54, 1.807) is 0 Å². The lowest BCUT2D eigenvalue weighted by atomic mass is 10.0. The summed E-state index contributed by atoms with van der Waals surface area (Å²) in [5.41, 5.74) is 0.679. The predicted molar refractivity (Wildman–Crippen MR) is 59.9 cm³/mol. The normalized spacial score (nSPS) is 25.0. The second-order valence-corrected chi connectivity index (χ2v) is 5.85. The van der Waals surface area contributed by atoms with Crippen molar-refractivity contribution in [2.75, 3.05) is 0 Å². The third-order valence-corrected chi connectivity index (χ3v) is 4.33. The van der Waals surface area contributed by atoms with Crippen LogP contribution in [0.3, 0.4) is 0 Å². The zero-order chi connectivity index (χ0) is 11.2. The molecule has 0 nitrogen and oxygen atoms in total. The summed E-state index contributed by atoms with van der Waals surface area (Å²) in [6, 6.07) is 3.62. The lowest BCUT2D eigenvalue weighted by Gasteiger charge is -2.13. The summed E-state index contributed by atoms with van der Waals surface area (Å²) < 4.78 is 26.5. The lowest BCUT2D eigenvalue weighted by Crippen LogP contribution is -2.02. The van der Waals surface area contributed by atoms with Crippen molar-refractivity contribution in [2.24, 2.45) is 11.3 Å². The van der Waals surface area contributed by atoms with Crippen molar-refractivity contribution in [3.63, 3.8) is 0 Å². The smallest absolute Gasteiger partial charge is 0.127 e. The highest BCUT2D eigenvalue weighted by atomic mass is 79.9. The highest BCUT2D eigenvalue weighted by molar-refractivity contribution is 9.09. The van der Waals surface area contributed by atoms with Gasteiger partial charge in [-0.2, -0.15) is 0 Å². The third kappa shape index (κ3) is 2.07. The van der Waals surface area contributed by atoms with Crippen LogP contribution in [0.25, 0.3) is 0 Å². The van der Waals surface area contributed by atoms with Gasteiger partial charge in [0, 0.05) is 10.4 Å². The van der Waals surface area contributed by atoms with E-state index in [4.69, 9.17) is 0 Å². The second-order valence-electron chi connectivity index (χ2n) is 4.87. The third-order valence-electron chi connectivity index (χ3n) is 3.20. The van der Waals surface area contributed by atoms with E-state index in [1.165, 1.54) is 12.1 Å². The summed E-state index contributed by atoms with van der Waals surface area (Å²) in [4.78, 5) is -0.0804. The monoisotopic (exact) mass is 274 g/mol. The second kappa shape index (κ2) is 3.55. The molecule has 0 heterocycles. The molecule has 0 N–H and O–H groups in total. The number of benzene rings is 1. The molecule has 1 aliphatic rings. The molecule has 2 atom stereocenters. The van der Waals surface area contributed by atoms with E-state index in [-0.39, 0.29) is 21.9 Å². The minimum atomic E-state index is -0.380. The molecular weight excluding hydrogens is 262 g/mol. The fraction of sp³-hybridized carbons (Fsp3) is 0.500. The van der Waals surface area contributed by atoms with Crippen molar-refractivity contribution in [1.29, 1.82) is 0 Å². The molecule has 1 fully saturated rings. The first-order chi connectivity index (χ1) is 6.92. The minimum absolute atomic E-state index is 0.0804. The molecule has 0 spiro atoms. The Kier molecular flexibility index (Phi) is 2.61. The zero-order valence-corrected chi connectivity index (χ0v) is 10.3. The molecule has 0 aromatic heterocycles. The summed E-state index contributed by atoms with van der Waals surface area (Å²) >= 11 is 3.47. The molecule has 0 bridgehead atoms. The highest BCUT2D eigenvalue weighted by Crippen LogP contribution is 2.60. The van der Waals surface area contributed by atoms with Crippen molar-refractivity contribution in [3.05, 3.63) is 35.4 Å². The fourth-order valence-corrected chi connectivity index (χ4v) is 3.20. The van der Waals surface area contributed by atoms with Crippen LogP contribution in [0.15, 0.2) is 18.2 Å². The Morgan fingerprint density at radius 1 is 1.40 bits per heavy atom. The first kappa shape index (κ1) is 11.1. The van der Waals surface area contributed by atoms with Crippen molar-refractivity contribution in [1.82, 2.24) is 0 Å². The van der Waals surface area contributed by atoms with Crippen LogP contribution in [0.4, 0.5) is 8.78 Å². The van der Waals surface area contributed by atoms with Gasteiger partial charge in [0.25, 0.3) is 0 Å². The molecule has 3 heteroatoms. The summed E-state index contributed by atoms with van der Waals surface area (Å²) in [5, 5.41) is 0. The van der Waals surface area contributed by atoms with Gasteiger partial charge >= 0.3 is 0 Å². The minimum Gasteiger partial charge on any atom is -0.207 e. The van der Waals surface area contributed by atoms with Crippen molar-refractivity contribution in [3.8, 4) is 0 Å². The molecule has 0 amide bonds. The predicted octanol–water partition coefficient (Wildman–Crippen LogP) is 4.45. The van der Waals surface area contributed by atoms with Gasteiger partial charge in [-0.1, -0.05) is 29.8 Å². The van der Waals surface area contributed by atoms with Gasteiger partial charge in [-0.25, -0.2) is 8.78 Å². The van der Waals surface area contributed by atoms with E-state index >= 15 is 0 Å². The molecule has 0 saturated heterocycles. The molecule has 2 unspecified atom stereocenters. The van der Waals surface area contributed by atoms with Crippen LogP contribution in [0, 0.1) is 23.0 Å². The van der Waals surface area contributed by atoms with E-state index in [1.807, 2.05) is 0 Å². The summed E-state index contributed by atoms with van der Waals surface area (Å²) in [5.74, 6) is -0.316. The van der Waals surface area contributed by atoms with Gasteiger partial charge in [-0.3, -0.25) is 0 Å². The number of hydrogen-bond donors (Lipinski definition) is 0. The number of hydrogen-bond acceptors (Lipinski definition) is 0. The van der Waals surface area contributed by atoms with Gasteiger partial charge < -0.3 is 0 Å². The summed E-state index contributed by atoms with van der Waals surface area (Å²) in [6.45, 7) is 4.28. The highest BCUT2D eigenvalue weighted by Gasteiger charge is 2.50. The van der Waals surface area contributed by atoms with Gasteiger partial charge in [0.05, 0.1) is 0 Å². The molecule has 0 aliphatic heterocycles. The van der Waals surface area contributed by atoms with Gasteiger partial charge in [0.15, 0.2) is 0 Å². The molecule has 15 heavy (non-hydrogen) atoms. The van der Waals surface area contributed by atoms with Crippen molar-refractivity contribution < 1.29 is 8.78 Å². The topological polar surface area (TPSA) is 0 Å². The maximum Gasteiger partial charge on any atom is 0.127 e. The summed E-state index contributed by atoms with van der Waals surface area (Å²) in [7, 11) is 0. The van der Waals surface area contributed by atoms with Crippen molar-refractivity contribution >= 4 is 15.9 Å². The van der Waals surface area contributed by atoms with Gasteiger partial charge in [0.2, 0.25) is 0 Å². The maximum atomic E-state index is 13.5. The summed E-state index contributed by atoms with van der Waals surface area (Å²) in [6.07, 6.45) is 1.05. The molecule has 0 radical (unpaired) electrons. The maximum absolute atomic E-state index is 13.5. The Morgan fingerprint density at radius 2 is 2.00 bits per heavy atom. The van der Waals surface area contributed by atoms with Crippen LogP contribution in [-0.2, 0) is 0 Å². The number of rotatable bonds is 2. The molecule has 1 aromatic carbocycles. The Morgan fingerprint density at radius 3 is 2.53 bits per heavy atom. The lowest BCUT2D eigenvalue weighted by molar-refractivity contribution is 0.532.